The first-order chi connectivity index (χ1) is 9.31. The van der Waals surface area contributed by atoms with Crippen molar-refractivity contribution in [2.24, 2.45) is 17.8 Å². The average molecular weight is 264 g/mol. The van der Waals surface area contributed by atoms with Crippen LogP contribution in [0, 0.1) is 17.8 Å². The van der Waals surface area contributed by atoms with Gasteiger partial charge in [-0.15, -0.1) is 0 Å². The fourth-order valence-corrected chi connectivity index (χ4v) is 4.67. The second-order valence-electron chi connectivity index (χ2n) is 6.91. The summed E-state index contributed by atoms with van der Waals surface area (Å²) in [6, 6.07) is 0.452. The molecule has 19 heavy (non-hydrogen) atoms. The van der Waals surface area contributed by atoms with Crippen LogP contribution in [0.5, 0.6) is 0 Å². The van der Waals surface area contributed by atoms with Gasteiger partial charge in [0, 0.05) is 12.6 Å². The SMILES string of the molecule is O=C(NCC1CC2CC1C1OC21)NC1CCCCC1. The molecule has 0 aromatic carbocycles. The highest BCUT2D eigenvalue weighted by Gasteiger charge is 2.62. The first-order valence-corrected chi connectivity index (χ1v) is 8.01. The van der Waals surface area contributed by atoms with Gasteiger partial charge < -0.3 is 15.4 Å². The lowest BCUT2D eigenvalue weighted by atomic mass is 9.89. The molecule has 106 valence electrons. The number of epoxide rings is 1. The summed E-state index contributed by atoms with van der Waals surface area (Å²) >= 11 is 0. The van der Waals surface area contributed by atoms with Crippen LogP contribution in [0.25, 0.3) is 0 Å². The lowest BCUT2D eigenvalue weighted by Gasteiger charge is -2.24. The number of fused-ring (bicyclic) bond motifs is 5. The number of ether oxygens (including phenoxy) is 1. The average Bonchev–Trinajstić information content (AvgIpc) is 3.04. The standard InChI is InChI=1S/C15H24N2O2/c18-15(17-11-4-2-1-3-5-11)16-8-10-6-9-7-12(10)14-13(9)19-14/h9-14H,1-8H2,(H2,16,17,18). The maximum absolute atomic E-state index is 11.9. The molecule has 0 spiro atoms. The zero-order chi connectivity index (χ0) is 12.8. The predicted octanol–water partition coefficient (Wildman–Crippen LogP) is 2.04. The fraction of sp³-hybridized carbons (Fsp3) is 0.933. The number of carbonyl (C=O) groups excluding carboxylic acids is 1. The van der Waals surface area contributed by atoms with Crippen molar-refractivity contribution >= 4 is 6.03 Å². The van der Waals surface area contributed by atoms with Gasteiger partial charge >= 0.3 is 6.03 Å². The molecule has 4 nitrogen and oxygen atoms in total. The van der Waals surface area contributed by atoms with E-state index in [1.165, 1.54) is 32.1 Å². The Balaban J connectivity index is 1.21. The molecule has 0 radical (unpaired) electrons. The largest absolute Gasteiger partial charge is 0.369 e. The lowest BCUT2D eigenvalue weighted by molar-refractivity contribution is 0.224. The zero-order valence-electron chi connectivity index (χ0n) is 11.4. The minimum atomic E-state index is 0.0444. The Hall–Kier alpha value is -0.770. The molecule has 2 amide bonds. The maximum atomic E-state index is 11.9. The second kappa shape index (κ2) is 4.65. The van der Waals surface area contributed by atoms with Crippen LogP contribution in [0.2, 0.25) is 0 Å². The molecule has 4 aliphatic rings. The van der Waals surface area contributed by atoms with E-state index < -0.39 is 0 Å². The van der Waals surface area contributed by atoms with Crippen LogP contribution in [-0.2, 0) is 4.74 Å². The summed E-state index contributed by atoms with van der Waals surface area (Å²) in [7, 11) is 0. The van der Waals surface area contributed by atoms with Gasteiger partial charge in [0.05, 0.1) is 12.2 Å². The molecule has 1 aliphatic heterocycles. The number of hydrogen-bond donors (Lipinski definition) is 2. The van der Waals surface area contributed by atoms with Gasteiger partial charge in [-0.05, 0) is 43.4 Å². The van der Waals surface area contributed by atoms with Crippen molar-refractivity contribution in [2.45, 2.75) is 63.2 Å². The highest BCUT2D eigenvalue weighted by Crippen LogP contribution is 2.58. The quantitative estimate of drug-likeness (QED) is 0.766. The third-order valence-electron chi connectivity index (χ3n) is 5.70. The normalized spacial score (nSPS) is 43.9. The Bertz CT molecular complexity index is 367. The van der Waals surface area contributed by atoms with Crippen LogP contribution in [0.1, 0.15) is 44.9 Å². The molecule has 3 aliphatic carbocycles. The molecule has 4 heteroatoms. The Kier molecular flexibility index (Phi) is 2.94. The molecule has 1 heterocycles. The highest BCUT2D eigenvalue weighted by atomic mass is 16.6. The molecule has 3 saturated carbocycles. The van der Waals surface area contributed by atoms with Gasteiger partial charge in [-0.25, -0.2) is 4.79 Å². The Labute approximate surface area is 114 Å². The number of carbonyl (C=O) groups is 1. The summed E-state index contributed by atoms with van der Waals surface area (Å²) < 4.78 is 5.67. The van der Waals surface area contributed by atoms with Crippen molar-refractivity contribution in [1.82, 2.24) is 10.6 Å². The molecule has 4 fully saturated rings. The van der Waals surface area contributed by atoms with E-state index in [1.54, 1.807) is 0 Å². The third kappa shape index (κ3) is 2.24. The predicted molar refractivity (Wildman–Crippen MR) is 71.8 cm³/mol. The topological polar surface area (TPSA) is 53.7 Å². The fourth-order valence-electron chi connectivity index (χ4n) is 4.67. The first-order valence-electron chi connectivity index (χ1n) is 8.01. The van der Waals surface area contributed by atoms with E-state index in [9.17, 15) is 4.79 Å². The molecule has 5 atom stereocenters. The summed E-state index contributed by atoms with van der Waals surface area (Å²) in [4.78, 5) is 11.9. The van der Waals surface area contributed by atoms with Gasteiger partial charge in [-0.2, -0.15) is 0 Å². The number of nitrogens with one attached hydrogen (secondary N) is 2. The number of hydrogen-bond acceptors (Lipinski definition) is 2. The Morgan fingerprint density at radius 1 is 1.11 bits per heavy atom. The minimum absolute atomic E-state index is 0.0444. The van der Waals surface area contributed by atoms with Crippen molar-refractivity contribution < 1.29 is 9.53 Å². The molecular formula is C15H24N2O2. The molecule has 2 bridgehead atoms. The minimum Gasteiger partial charge on any atom is -0.369 e. The summed E-state index contributed by atoms with van der Waals surface area (Å²) in [6.45, 7) is 0.840. The van der Waals surface area contributed by atoms with E-state index in [4.69, 9.17) is 4.74 Å². The molecule has 5 unspecified atom stereocenters. The lowest BCUT2D eigenvalue weighted by Crippen LogP contribution is -2.45. The van der Waals surface area contributed by atoms with E-state index in [0.29, 0.717) is 24.2 Å². The van der Waals surface area contributed by atoms with Gasteiger partial charge in [0.25, 0.3) is 0 Å². The molecule has 0 aromatic rings. The van der Waals surface area contributed by atoms with Crippen LogP contribution in [-0.4, -0.2) is 30.8 Å². The van der Waals surface area contributed by atoms with E-state index in [0.717, 1.165) is 31.2 Å². The van der Waals surface area contributed by atoms with Crippen molar-refractivity contribution in [2.75, 3.05) is 6.54 Å². The van der Waals surface area contributed by atoms with Crippen LogP contribution in [0.4, 0.5) is 4.79 Å². The van der Waals surface area contributed by atoms with Crippen molar-refractivity contribution in [3.8, 4) is 0 Å². The Morgan fingerprint density at radius 2 is 1.95 bits per heavy atom. The van der Waals surface area contributed by atoms with Crippen molar-refractivity contribution in [1.29, 1.82) is 0 Å². The highest BCUT2D eigenvalue weighted by molar-refractivity contribution is 5.74. The van der Waals surface area contributed by atoms with Gasteiger partial charge in [-0.3, -0.25) is 0 Å². The zero-order valence-corrected chi connectivity index (χ0v) is 11.4. The Morgan fingerprint density at radius 3 is 2.68 bits per heavy atom. The van der Waals surface area contributed by atoms with E-state index in [1.807, 2.05) is 0 Å². The van der Waals surface area contributed by atoms with E-state index in [2.05, 4.69) is 10.6 Å². The van der Waals surface area contributed by atoms with Crippen LogP contribution >= 0.6 is 0 Å². The smallest absolute Gasteiger partial charge is 0.315 e. The van der Waals surface area contributed by atoms with Crippen LogP contribution in [0.3, 0.4) is 0 Å². The molecule has 1 saturated heterocycles. The van der Waals surface area contributed by atoms with Gasteiger partial charge in [-0.1, -0.05) is 19.3 Å². The van der Waals surface area contributed by atoms with E-state index >= 15 is 0 Å². The molecular weight excluding hydrogens is 240 g/mol. The number of urea groups is 1. The first kappa shape index (κ1) is 12.0. The number of amides is 2. The van der Waals surface area contributed by atoms with Crippen LogP contribution < -0.4 is 10.6 Å². The van der Waals surface area contributed by atoms with Crippen LogP contribution in [0.15, 0.2) is 0 Å². The van der Waals surface area contributed by atoms with Crippen molar-refractivity contribution in [3.63, 3.8) is 0 Å². The summed E-state index contributed by atoms with van der Waals surface area (Å²) in [6.07, 6.45) is 9.90. The third-order valence-corrected chi connectivity index (χ3v) is 5.70. The molecule has 0 aromatic heterocycles. The summed E-state index contributed by atoms with van der Waals surface area (Å²) in [5, 5.41) is 6.22. The maximum Gasteiger partial charge on any atom is 0.315 e. The summed E-state index contributed by atoms with van der Waals surface area (Å²) in [5.41, 5.74) is 0. The molecule has 4 rings (SSSR count). The van der Waals surface area contributed by atoms with E-state index in [-0.39, 0.29) is 6.03 Å². The second-order valence-corrected chi connectivity index (χ2v) is 6.91. The van der Waals surface area contributed by atoms with Gasteiger partial charge in [0.2, 0.25) is 0 Å². The van der Waals surface area contributed by atoms with Gasteiger partial charge in [0.1, 0.15) is 0 Å². The number of rotatable bonds is 3. The summed E-state index contributed by atoms with van der Waals surface area (Å²) in [5.74, 6) is 2.18. The van der Waals surface area contributed by atoms with Gasteiger partial charge in [0.15, 0.2) is 0 Å². The van der Waals surface area contributed by atoms with Crippen molar-refractivity contribution in [3.05, 3.63) is 0 Å². The molecule has 2 N–H and O–H groups in total. The monoisotopic (exact) mass is 264 g/mol.